The van der Waals surface area contributed by atoms with Crippen molar-refractivity contribution in [3.63, 3.8) is 0 Å². The summed E-state index contributed by atoms with van der Waals surface area (Å²) < 4.78 is 10.7. The third kappa shape index (κ3) is 5.23. The van der Waals surface area contributed by atoms with Crippen LogP contribution in [0.4, 0.5) is 4.79 Å². The van der Waals surface area contributed by atoms with Gasteiger partial charge in [0.2, 0.25) is 0 Å². The van der Waals surface area contributed by atoms with Crippen LogP contribution < -0.4 is 5.32 Å². The fourth-order valence-electron chi connectivity index (χ4n) is 1.85. The molecule has 0 aromatic rings. The second-order valence-electron chi connectivity index (χ2n) is 5.83. The molecule has 1 fully saturated rings. The lowest BCUT2D eigenvalue weighted by Crippen LogP contribution is -2.42. The van der Waals surface area contributed by atoms with E-state index < -0.39 is 5.60 Å². The van der Waals surface area contributed by atoms with Gasteiger partial charge in [-0.05, 0) is 34.1 Å². The van der Waals surface area contributed by atoms with Crippen LogP contribution >= 0.6 is 0 Å². The van der Waals surface area contributed by atoms with Gasteiger partial charge >= 0.3 is 6.09 Å². The largest absolute Gasteiger partial charge is 0.444 e. The maximum Gasteiger partial charge on any atom is 0.410 e. The molecule has 1 amide bonds. The Morgan fingerprint density at radius 3 is 2.67 bits per heavy atom. The summed E-state index contributed by atoms with van der Waals surface area (Å²) in [5.41, 5.74) is -0.438. The highest BCUT2D eigenvalue weighted by Gasteiger charge is 2.24. The van der Waals surface area contributed by atoms with Gasteiger partial charge in [0.1, 0.15) is 5.60 Å². The first kappa shape index (κ1) is 15.2. The Hall–Kier alpha value is -0.810. The first-order valence-corrected chi connectivity index (χ1v) is 6.58. The van der Waals surface area contributed by atoms with Crippen molar-refractivity contribution >= 4 is 6.09 Å². The summed E-state index contributed by atoms with van der Waals surface area (Å²) in [5, 5.41) is 3.41. The van der Waals surface area contributed by atoms with Gasteiger partial charge < -0.3 is 19.7 Å². The molecule has 0 aromatic carbocycles. The minimum absolute atomic E-state index is 0.261. The zero-order valence-corrected chi connectivity index (χ0v) is 12.2. The lowest BCUT2D eigenvalue weighted by Gasteiger charge is -2.25. The monoisotopic (exact) mass is 258 g/mol. The number of nitrogens with one attached hydrogen (secondary N) is 1. The summed E-state index contributed by atoms with van der Waals surface area (Å²) in [5.74, 6) is 0. The van der Waals surface area contributed by atoms with Crippen LogP contribution in [0.3, 0.4) is 0 Å². The van der Waals surface area contributed by atoms with E-state index in [1.54, 1.807) is 11.9 Å². The standard InChI is InChI=1S/C13H26N2O3/c1-10-11(6-9-17-10)14-7-8-15(5)12(16)18-13(2,3)4/h10-11,14H,6-9H2,1-5H3. The van der Waals surface area contributed by atoms with E-state index >= 15 is 0 Å². The zero-order chi connectivity index (χ0) is 13.8. The predicted molar refractivity (Wildman–Crippen MR) is 70.7 cm³/mol. The minimum Gasteiger partial charge on any atom is -0.444 e. The highest BCUT2D eigenvalue weighted by atomic mass is 16.6. The number of likely N-dealkylation sites (N-methyl/N-ethyl adjacent to an activating group) is 1. The van der Waals surface area contributed by atoms with Crippen LogP contribution in [0.15, 0.2) is 0 Å². The topological polar surface area (TPSA) is 50.8 Å². The van der Waals surface area contributed by atoms with Gasteiger partial charge in [0.05, 0.1) is 6.10 Å². The summed E-state index contributed by atoms with van der Waals surface area (Å²) in [6.45, 7) is 9.90. The van der Waals surface area contributed by atoms with Crippen LogP contribution in [0, 0.1) is 0 Å². The van der Waals surface area contributed by atoms with Crippen molar-refractivity contribution < 1.29 is 14.3 Å². The van der Waals surface area contributed by atoms with Crippen molar-refractivity contribution in [1.82, 2.24) is 10.2 Å². The van der Waals surface area contributed by atoms with Crippen molar-refractivity contribution in [3.05, 3.63) is 0 Å². The average molecular weight is 258 g/mol. The fourth-order valence-corrected chi connectivity index (χ4v) is 1.85. The third-order valence-corrected chi connectivity index (χ3v) is 2.94. The summed E-state index contributed by atoms with van der Waals surface area (Å²) in [6, 6.07) is 0.400. The first-order chi connectivity index (χ1) is 8.29. The van der Waals surface area contributed by atoms with E-state index in [9.17, 15) is 4.79 Å². The van der Waals surface area contributed by atoms with E-state index in [-0.39, 0.29) is 12.2 Å². The zero-order valence-electron chi connectivity index (χ0n) is 12.2. The molecule has 0 radical (unpaired) electrons. The van der Waals surface area contributed by atoms with Crippen LogP contribution in [0.1, 0.15) is 34.1 Å². The lowest BCUT2D eigenvalue weighted by atomic mass is 10.1. The second kappa shape index (κ2) is 6.38. The molecule has 5 nitrogen and oxygen atoms in total. The van der Waals surface area contributed by atoms with Gasteiger partial charge in [-0.25, -0.2) is 4.79 Å². The molecule has 0 aromatic heterocycles. The van der Waals surface area contributed by atoms with Crippen molar-refractivity contribution in [2.75, 3.05) is 26.7 Å². The van der Waals surface area contributed by atoms with Gasteiger partial charge in [-0.2, -0.15) is 0 Å². The van der Waals surface area contributed by atoms with Crippen LogP contribution in [-0.4, -0.2) is 55.5 Å². The number of rotatable bonds is 4. The van der Waals surface area contributed by atoms with E-state index in [1.807, 2.05) is 20.8 Å². The van der Waals surface area contributed by atoms with Crippen molar-refractivity contribution in [3.8, 4) is 0 Å². The van der Waals surface area contributed by atoms with Gasteiger partial charge in [0.15, 0.2) is 0 Å². The SMILES string of the molecule is CC1OCCC1NCCN(C)C(=O)OC(C)(C)C. The first-order valence-electron chi connectivity index (χ1n) is 6.58. The summed E-state index contributed by atoms with van der Waals surface area (Å²) >= 11 is 0. The summed E-state index contributed by atoms with van der Waals surface area (Å²) in [4.78, 5) is 13.3. The van der Waals surface area contributed by atoms with Gasteiger partial charge in [-0.3, -0.25) is 0 Å². The molecule has 0 bridgehead atoms. The molecule has 0 spiro atoms. The molecule has 1 heterocycles. The van der Waals surface area contributed by atoms with Gasteiger partial charge in [-0.1, -0.05) is 0 Å². The lowest BCUT2D eigenvalue weighted by molar-refractivity contribution is 0.0298. The highest BCUT2D eigenvalue weighted by molar-refractivity contribution is 5.67. The number of hydrogen-bond donors (Lipinski definition) is 1. The molecule has 2 atom stereocenters. The van der Waals surface area contributed by atoms with E-state index in [0.29, 0.717) is 12.6 Å². The molecule has 1 saturated heterocycles. The van der Waals surface area contributed by atoms with E-state index in [4.69, 9.17) is 9.47 Å². The Bertz CT molecular complexity index is 276. The smallest absolute Gasteiger partial charge is 0.410 e. The number of amides is 1. The summed E-state index contributed by atoms with van der Waals surface area (Å²) in [7, 11) is 1.75. The minimum atomic E-state index is -0.438. The van der Waals surface area contributed by atoms with Gasteiger partial charge in [0.25, 0.3) is 0 Å². The Morgan fingerprint density at radius 2 is 2.17 bits per heavy atom. The van der Waals surface area contributed by atoms with Crippen LogP contribution in [0.2, 0.25) is 0 Å². The van der Waals surface area contributed by atoms with E-state index in [1.165, 1.54) is 0 Å². The number of hydrogen-bond acceptors (Lipinski definition) is 4. The molecular weight excluding hydrogens is 232 g/mol. The Labute approximate surface area is 110 Å². The van der Waals surface area contributed by atoms with Crippen LogP contribution in [0.25, 0.3) is 0 Å². The van der Waals surface area contributed by atoms with Gasteiger partial charge in [-0.15, -0.1) is 0 Å². The Kier molecular flexibility index (Phi) is 5.41. The molecule has 0 aliphatic carbocycles. The normalized spacial score (nSPS) is 24.1. The molecular formula is C13H26N2O3. The fraction of sp³-hybridized carbons (Fsp3) is 0.923. The quantitative estimate of drug-likeness (QED) is 0.832. The number of nitrogens with zero attached hydrogens (tertiary/aromatic N) is 1. The molecule has 0 saturated carbocycles. The number of carbonyl (C=O) groups excluding carboxylic acids is 1. The second-order valence-corrected chi connectivity index (χ2v) is 5.83. The van der Waals surface area contributed by atoms with Crippen LogP contribution in [0.5, 0.6) is 0 Å². The van der Waals surface area contributed by atoms with E-state index in [0.717, 1.165) is 19.6 Å². The Morgan fingerprint density at radius 1 is 1.50 bits per heavy atom. The average Bonchev–Trinajstić information content (AvgIpc) is 2.62. The Balaban J connectivity index is 2.20. The number of carbonyl (C=O) groups is 1. The van der Waals surface area contributed by atoms with Gasteiger partial charge in [0, 0.05) is 32.8 Å². The molecule has 1 rings (SSSR count). The molecule has 106 valence electrons. The molecule has 1 N–H and O–H groups in total. The molecule has 2 unspecified atom stereocenters. The third-order valence-electron chi connectivity index (χ3n) is 2.94. The number of ether oxygens (including phenoxy) is 2. The molecule has 1 aliphatic heterocycles. The van der Waals surface area contributed by atoms with Crippen LogP contribution in [-0.2, 0) is 9.47 Å². The maximum absolute atomic E-state index is 11.7. The molecule has 18 heavy (non-hydrogen) atoms. The highest BCUT2D eigenvalue weighted by Crippen LogP contribution is 2.12. The predicted octanol–water partition coefficient (Wildman–Crippen LogP) is 1.62. The van der Waals surface area contributed by atoms with E-state index in [2.05, 4.69) is 12.2 Å². The van der Waals surface area contributed by atoms with Crippen molar-refractivity contribution in [2.24, 2.45) is 0 Å². The van der Waals surface area contributed by atoms with Crippen molar-refractivity contribution in [2.45, 2.75) is 51.9 Å². The summed E-state index contributed by atoms with van der Waals surface area (Å²) in [6.07, 6.45) is 1.02. The maximum atomic E-state index is 11.7. The molecule has 1 aliphatic rings. The van der Waals surface area contributed by atoms with Crippen molar-refractivity contribution in [1.29, 1.82) is 0 Å². The molecule has 5 heteroatoms.